The van der Waals surface area contributed by atoms with Gasteiger partial charge < -0.3 is 15.8 Å². The van der Waals surface area contributed by atoms with Crippen molar-refractivity contribution in [2.24, 2.45) is 0 Å². The van der Waals surface area contributed by atoms with Gasteiger partial charge in [-0.25, -0.2) is 0 Å². The van der Waals surface area contributed by atoms with E-state index in [1.807, 2.05) is 13.0 Å². The predicted molar refractivity (Wildman–Crippen MR) is 71.9 cm³/mol. The summed E-state index contributed by atoms with van der Waals surface area (Å²) in [4.78, 5) is 12.0. The molecule has 1 aromatic heterocycles. The van der Waals surface area contributed by atoms with Crippen LogP contribution in [0.2, 0.25) is 0 Å². The average molecular weight is 260 g/mol. The van der Waals surface area contributed by atoms with Gasteiger partial charge in [0.1, 0.15) is 11.6 Å². The number of hydrogen-bond donors (Lipinski definition) is 3. The van der Waals surface area contributed by atoms with E-state index in [9.17, 15) is 4.79 Å². The highest BCUT2D eigenvalue weighted by atomic mass is 16.5. The second-order valence-corrected chi connectivity index (χ2v) is 4.18. The summed E-state index contributed by atoms with van der Waals surface area (Å²) in [5.41, 5.74) is 7.93. The van der Waals surface area contributed by atoms with Crippen LogP contribution in [0.15, 0.2) is 24.4 Å². The summed E-state index contributed by atoms with van der Waals surface area (Å²) >= 11 is 0. The minimum atomic E-state index is -0.182. The number of benzene rings is 1. The number of methoxy groups -OCH3 is 1. The lowest BCUT2D eigenvalue weighted by molar-refractivity contribution is 0.0950. The molecule has 0 aliphatic heterocycles. The summed E-state index contributed by atoms with van der Waals surface area (Å²) in [6.45, 7) is 2.25. The van der Waals surface area contributed by atoms with Crippen LogP contribution >= 0.6 is 0 Å². The molecular formula is C13H16N4O2. The van der Waals surface area contributed by atoms with Gasteiger partial charge in [0.15, 0.2) is 0 Å². The van der Waals surface area contributed by atoms with Crippen molar-refractivity contribution >= 4 is 11.7 Å². The van der Waals surface area contributed by atoms with E-state index < -0.39 is 0 Å². The first kappa shape index (κ1) is 12.9. The highest BCUT2D eigenvalue weighted by molar-refractivity contribution is 5.94. The predicted octanol–water partition coefficient (Wildman–Crippen LogP) is 1.24. The average Bonchev–Trinajstić information content (AvgIpc) is 2.82. The number of aryl methyl sites for hydroxylation is 1. The molecule has 100 valence electrons. The van der Waals surface area contributed by atoms with Crippen LogP contribution in [0.1, 0.15) is 21.5 Å². The summed E-state index contributed by atoms with van der Waals surface area (Å²) < 4.78 is 5.19. The fourth-order valence-corrected chi connectivity index (χ4v) is 1.70. The molecule has 1 amide bonds. The van der Waals surface area contributed by atoms with Crippen LogP contribution in [-0.2, 0) is 6.54 Å². The van der Waals surface area contributed by atoms with E-state index >= 15 is 0 Å². The van der Waals surface area contributed by atoms with Crippen LogP contribution in [0.3, 0.4) is 0 Å². The number of H-pyrrole nitrogens is 1. The standard InChI is InChI=1S/C13H16N4O2/c1-8-3-4-9(5-11(8)19-2)13(18)15-6-10-7-16-17-12(10)14/h3-5,7H,6H2,1-2H3,(H,15,18)(H3,14,16,17). The summed E-state index contributed by atoms with van der Waals surface area (Å²) in [5, 5.41) is 9.18. The molecule has 19 heavy (non-hydrogen) atoms. The fourth-order valence-electron chi connectivity index (χ4n) is 1.70. The monoisotopic (exact) mass is 260 g/mol. The van der Waals surface area contributed by atoms with Crippen molar-refractivity contribution in [3.63, 3.8) is 0 Å². The lowest BCUT2D eigenvalue weighted by Crippen LogP contribution is -2.23. The first-order chi connectivity index (χ1) is 9.11. The molecule has 6 heteroatoms. The zero-order valence-electron chi connectivity index (χ0n) is 10.9. The molecule has 0 atom stereocenters. The van der Waals surface area contributed by atoms with Crippen molar-refractivity contribution in [1.82, 2.24) is 15.5 Å². The molecule has 1 heterocycles. The van der Waals surface area contributed by atoms with Gasteiger partial charge in [0.05, 0.1) is 13.3 Å². The molecule has 2 rings (SSSR count). The van der Waals surface area contributed by atoms with Crippen molar-refractivity contribution in [3.8, 4) is 5.75 Å². The van der Waals surface area contributed by atoms with E-state index in [0.717, 1.165) is 11.1 Å². The number of hydrogen-bond acceptors (Lipinski definition) is 4. The molecule has 0 aliphatic carbocycles. The van der Waals surface area contributed by atoms with Gasteiger partial charge in [0.2, 0.25) is 0 Å². The molecule has 6 nitrogen and oxygen atoms in total. The van der Waals surface area contributed by atoms with E-state index in [-0.39, 0.29) is 5.91 Å². The summed E-state index contributed by atoms with van der Waals surface area (Å²) in [5.74, 6) is 0.969. The van der Waals surface area contributed by atoms with Gasteiger partial charge in [-0.1, -0.05) is 6.07 Å². The van der Waals surface area contributed by atoms with Gasteiger partial charge in [-0.3, -0.25) is 9.89 Å². The maximum Gasteiger partial charge on any atom is 0.251 e. The molecule has 0 bridgehead atoms. The Kier molecular flexibility index (Phi) is 3.70. The highest BCUT2D eigenvalue weighted by Crippen LogP contribution is 2.19. The number of rotatable bonds is 4. The number of aromatic nitrogens is 2. The Labute approximate surface area is 111 Å². The van der Waals surface area contributed by atoms with Crippen LogP contribution in [0.5, 0.6) is 5.75 Å². The zero-order valence-corrected chi connectivity index (χ0v) is 10.9. The van der Waals surface area contributed by atoms with Crippen LogP contribution < -0.4 is 15.8 Å². The number of nitrogens with two attached hydrogens (primary N) is 1. The Balaban J connectivity index is 2.06. The molecule has 0 fully saturated rings. The maximum atomic E-state index is 12.0. The molecular weight excluding hydrogens is 244 g/mol. The molecule has 0 spiro atoms. The normalized spacial score (nSPS) is 10.2. The van der Waals surface area contributed by atoms with Crippen molar-refractivity contribution in [1.29, 1.82) is 0 Å². The molecule has 4 N–H and O–H groups in total. The summed E-state index contributed by atoms with van der Waals surface area (Å²) in [7, 11) is 1.58. The molecule has 0 radical (unpaired) electrons. The van der Waals surface area contributed by atoms with E-state index in [1.54, 1.807) is 25.4 Å². The largest absolute Gasteiger partial charge is 0.496 e. The van der Waals surface area contributed by atoms with Gasteiger partial charge in [0.25, 0.3) is 5.91 Å². The number of carbonyl (C=O) groups is 1. The van der Waals surface area contributed by atoms with Crippen molar-refractivity contribution in [3.05, 3.63) is 41.1 Å². The molecule has 2 aromatic rings. The van der Waals surface area contributed by atoms with E-state index in [4.69, 9.17) is 10.5 Å². The Morgan fingerprint density at radius 2 is 2.32 bits per heavy atom. The molecule has 0 saturated heterocycles. The molecule has 1 aromatic carbocycles. The third-order valence-electron chi connectivity index (χ3n) is 2.86. The van der Waals surface area contributed by atoms with Crippen molar-refractivity contribution < 1.29 is 9.53 Å². The van der Waals surface area contributed by atoms with Crippen molar-refractivity contribution in [2.45, 2.75) is 13.5 Å². The Bertz CT molecular complexity index is 592. The van der Waals surface area contributed by atoms with Gasteiger partial charge in [-0.2, -0.15) is 5.10 Å². The molecule has 0 unspecified atom stereocenters. The SMILES string of the molecule is COc1cc(C(=O)NCc2cn[nH]c2N)ccc1C. The minimum Gasteiger partial charge on any atom is -0.496 e. The zero-order chi connectivity index (χ0) is 13.8. The second-order valence-electron chi connectivity index (χ2n) is 4.18. The third-order valence-corrected chi connectivity index (χ3v) is 2.86. The number of carbonyl (C=O) groups excluding carboxylic acids is 1. The highest BCUT2D eigenvalue weighted by Gasteiger charge is 2.09. The van der Waals surface area contributed by atoms with Crippen LogP contribution in [-0.4, -0.2) is 23.2 Å². The minimum absolute atomic E-state index is 0.182. The smallest absolute Gasteiger partial charge is 0.251 e. The molecule has 0 saturated carbocycles. The van der Waals surface area contributed by atoms with Gasteiger partial charge >= 0.3 is 0 Å². The first-order valence-corrected chi connectivity index (χ1v) is 5.82. The quantitative estimate of drug-likeness (QED) is 0.771. The topological polar surface area (TPSA) is 93.0 Å². The lowest BCUT2D eigenvalue weighted by Gasteiger charge is -2.08. The number of nitrogens with zero attached hydrogens (tertiary/aromatic N) is 1. The van der Waals surface area contributed by atoms with E-state index in [0.29, 0.717) is 23.7 Å². The molecule has 0 aliphatic rings. The number of nitrogen functional groups attached to an aromatic ring is 1. The number of amides is 1. The van der Waals surface area contributed by atoms with Crippen LogP contribution in [0.4, 0.5) is 5.82 Å². The van der Waals surface area contributed by atoms with E-state index in [2.05, 4.69) is 15.5 Å². The van der Waals surface area contributed by atoms with Crippen LogP contribution in [0, 0.1) is 6.92 Å². The summed E-state index contributed by atoms with van der Waals surface area (Å²) in [6.07, 6.45) is 1.59. The van der Waals surface area contributed by atoms with E-state index in [1.165, 1.54) is 0 Å². The number of aromatic amines is 1. The van der Waals surface area contributed by atoms with Gasteiger partial charge in [-0.05, 0) is 24.6 Å². The van der Waals surface area contributed by atoms with Gasteiger partial charge in [-0.15, -0.1) is 0 Å². The number of nitrogens with one attached hydrogen (secondary N) is 2. The number of ether oxygens (including phenoxy) is 1. The second kappa shape index (κ2) is 5.43. The Morgan fingerprint density at radius 3 is 2.95 bits per heavy atom. The first-order valence-electron chi connectivity index (χ1n) is 5.82. The van der Waals surface area contributed by atoms with Crippen LogP contribution in [0.25, 0.3) is 0 Å². The third kappa shape index (κ3) is 2.85. The maximum absolute atomic E-state index is 12.0. The van der Waals surface area contributed by atoms with Gasteiger partial charge in [0, 0.05) is 17.7 Å². The number of anilines is 1. The lowest BCUT2D eigenvalue weighted by atomic mass is 10.1. The summed E-state index contributed by atoms with van der Waals surface area (Å²) in [6, 6.07) is 5.31. The Morgan fingerprint density at radius 1 is 1.53 bits per heavy atom. The fraction of sp³-hybridized carbons (Fsp3) is 0.231. The Hall–Kier alpha value is -2.50. The van der Waals surface area contributed by atoms with Crippen molar-refractivity contribution in [2.75, 3.05) is 12.8 Å².